The van der Waals surface area contributed by atoms with Gasteiger partial charge in [-0.15, -0.1) is 0 Å². The van der Waals surface area contributed by atoms with Gasteiger partial charge in [-0.1, -0.05) is 50.1 Å². The predicted octanol–water partition coefficient (Wildman–Crippen LogP) is 3.81. The number of alkyl carbamates (subject to hydrolysis) is 1. The summed E-state index contributed by atoms with van der Waals surface area (Å²) in [6.07, 6.45) is 1.68. The van der Waals surface area contributed by atoms with Crippen LogP contribution in [0.4, 0.5) is 4.79 Å². The van der Waals surface area contributed by atoms with Crippen molar-refractivity contribution in [3.63, 3.8) is 0 Å². The van der Waals surface area contributed by atoms with Crippen molar-refractivity contribution in [2.24, 2.45) is 0 Å². The van der Waals surface area contributed by atoms with Gasteiger partial charge in [0.25, 0.3) is 0 Å². The van der Waals surface area contributed by atoms with E-state index in [1.54, 1.807) is 20.8 Å². The molecule has 23 heavy (non-hydrogen) atoms. The van der Waals surface area contributed by atoms with Gasteiger partial charge in [0.15, 0.2) is 0 Å². The second kappa shape index (κ2) is 9.18. The first-order valence-corrected chi connectivity index (χ1v) is 8.02. The summed E-state index contributed by atoms with van der Waals surface area (Å²) in [6.45, 7) is 7.56. The molecule has 0 aliphatic rings. The Morgan fingerprint density at radius 2 is 1.83 bits per heavy atom. The number of nitrogens with one attached hydrogen (secondary N) is 1. The van der Waals surface area contributed by atoms with Crippen molar-refractivity contribution in [2.45, 2.75) is 65.2 Å². The van der Waals surface area contributed by atoms with E-state index in [1.165, 1.54) is 0 Å². The fourth-order valence-corrected chi connectivity index (χ4v) is 1.94. The van der Waals surface area contributed by atoms with Crippen molar-refractivity contribution in [1.29, 1.82) is 0 Å². The first kappa shape index (κ1) is 19.0. The maximum absolute atomic E-state index is 12.2. The Morgan fingerprint density at radius 3 is 2.39 bits per heavy atom. The molecule has 0 aromatic heterocycles. The predicted molar refractivity (Wildman–Crippen MR) is 88.9 cm³/mol. The number of carbonyl (C=O) groups excluding carboxylic acids is 2. The minimum atomic E-state index is -0.687. The lowest BCUT2D eigenvalue weighted by molar-refractivity contribution is -0.147. The molecule has 5 heteroatoms. The van der Waals surface area contributed by atoms with Crippen LogP contribution in [0.25, 0.3) is 0 Å². The quantitative estimate of drug-likeness (QED) is 0.776. The Hall–Kier alpha value is -2.04. The van der Waals surface area contributed by atoms with Crippen LogP contribution in [-0.2, 0) is 20.9 Å². The molecule has 1 atom stereocenters. The molecule has 128 valence electrons. The molecule has 0 unspecified atom stereocenters. The molecule has 1 rings (SSSR count). The van der Waals surface area contributed by atoms with Crippen LogP contribution < -0.4 is 5.32 Å². The number of hydrogen-bond acceptors (Lipinski definition) is 4. The van der Waals surface area contributed by atoms with Gasteiger partial charge in [-0.3, -0.25) is 0 Å². The molecule has 0 heterocycles. The van der Waals surface area contributed by atoms with Gasteiger partial charge in [0.1, 0.15) is 18.2 Å². The van der Waals surface area contributed by atoms with Crippen molar-refractivity contribution >= 4 is 12.1 Å². The number of benzene rings is 1. The summed E-state index contributed by atoms with van der Waals surface area (Å²) in [5.74, 6) is -0.437. The van der Waals surface area contributed by atoms with Gasteiger partial charge >= 0.3 is 12.1 Å². The standard InChI is InChI=1S/C18H27NO4/c1-5-6-12-15(19-17(21)23-18(2,3)4)16(20)22-13-14-10-8-7-9-11-14/h7-11,15H,5-6,12-13H2,1-4H3,(H,19,21)/t15-/m1/s1. The average molecular weight is 321 g/mol. The summed E-state index contributed by atoms with van der Waals surface area (Å²) in [5, 5.41) is 2.61. The molecule has 0 spiro atoms. The fraction of sp³-hybridized carbons (Fsp3) is 0.556. The van der Waals surface area contributed by atoms with E-state index in [1.807, 2.05) is 37.3 Å². The summed E-state index contributed by atoms with van der Waals surface area (Å²) >= 11 is 0. The van der Waals surface area contributed by atoms with Gasteiger partial charge in [-0.25, -0.2) is 9.59 Å². The number of hydrogen-bond donors (Lipinski definition) is 1. The molecule has 1 aromatic rings. The van der Waals surface area contributed by atoms with Crippen LogP contribution in [0.3, 0.4) is 0 Å². The van der Waals surface area contributed by atoms with Crippen LogP contribution in [0.1, 0.15) is 52.5 Å². The number of esters is 1. The van der Waals surface area contributed by atoms with Gasteiger partial charge in [-0.2, -0.15) is 0 Å². The maximum atomic E-state index is 12.2. The van der Waals surface area contributed by atoms with Crippen molar-refractivity contribution in [2.75, 3.05) is 0 Å². The topological polar surface area (TPSA) is 64.6 Å². The highest BCUT2D eigenvalue weighted by Crippen LogP contribution is 2.10. The summed E-state index contributed by atoms with van der Waals surface area (Å²) in [6, 6.07) is 8.76. The number of amides is 1. The van der Waals surface area contributed by atoms with Gasteiger partial charge in [0.05, 0.1) is 0 Å². The van der Waals surface area contributed by atoms with Gasteiger partial charge in [0, 0.05) is 0 Å². The van der Waals surface area contributed by atoms with E-state index in [4.69, 9.17) is 9.47 Å². The van der Waals surface area contributed by atoms with E-state index in [0.717, 1.165) is 18.4 Å². The average Bonchev–Trinajstić information content (AvgIpc) is 2.48. The summed E-state index contributed by atoms with van der Waals surface area (Å²) in [7, 11) is 0. The Balaban J connectivity index is 2.57. The highest BCUT2D eigenvalue weighted by Gasteiger charge is 2.25. The minimum Gasteiger partial charge on any atom is -0.459 e. The van der Waals surface area contributed by atoms with E-state index in [0.29, 0.717) is 6.42 Å². The maximum Gasteiger partial charge on any atom is 0.408 e. The van der Waals surface area contributed by atoms with E-state index >= 15 is 0 Å². The van der Waals surface area contributed by atoms with Crippen molar-refractivity contribution in [3.05, 3.63) is 35.9 Å². The number of rotatable bonds is 7. The molecule has 5 nitrogen and oxygen atoms in total. The smallest absolute Gasteiger partial charge is 0.408 e. The van der Waals surface area contributed by atoms with Gasteiger partial charge < -0.3 is 14.8 Å². The third-order valence-corrected chi connectivity index (χ3v) is 3.05. The molecule has 1 aromatic carbocycles. The van der Waals surface area contributed by atoms with E-state index in [-0.39, 0.29) is 6.61 Å². The van der Waals surface area contributed by atoms with E-state index in [2.05, 4.69) is 5.32 Å². The van der Waals surface area contributed by atoms with Crippen LogP contribution in [0, 0.1) is 0 Å². The highest BCUT2D eigenvalue weighted by atomic mass is 16.6. The zero-order valence-corrected chi connectivity index (χ0v) is 14.4. The second-order valence-corrected chi connectivity index (χ2v) is 6.43. The molecular weight excluding hydrogens is 294 g/mol. The first-order valence-electron chi connectivity index (χ1n) is 8.02. The van der Waals surface area contributed by atoms with Crippen molar-refractivity contribution < 1.29 is 19.1 Å². The lowest BCUT2D eigenvalue weighted by atomic mass is 10.1. The van der Waals surface area contributed by atoms with Crippen LogP contribution in [0.2, 0.25) is 0 Å². The molecule has 1 N–H and O–H groups in total. The summed E-state index contributed by atoms with van der Waals surface area (Å²) < 4.78 is 10.5. The van der Waals surface area contributed by atoms with Gasteiger partial charge in [0.2, 0.25) is 0 Å². The van der Waals surface area contributed by atoms with Gasteiger partial charge in [-0.05, 0) is 32.8 Å². The minimum absolute atomic E-state index is 0.193. The number of unbranched alkanes of at least 4 members (excludes halogenated alkanes) is 1. The molecule has 0 radical (unpaired) electrons. The lowest BCUT2D eigenvalue weighted by Crippen LogP contribution is -2.44. The van der Waals surface area contributed by atoms with Crippen molar-refractivity contribution in [3.8, 4) is 0 Å². The van der Waals surface area contributed by atoms with Crippen LogP contribution >= 0.6 is 0 Å². The molecule has 0 fully saturated rings. The Morgan fingerprint density at radius 1 is 1.17 bits per heavy atom. The summed E-state index contributed by atoms with van der Waals surface area (Å²) in [4.78, 5) is 24.1. The Kier molecular flexibility index (Phi) is 7.59. The number of carbonyl (C=O) groups is 2. The van der Waals surface area contributed by atoms with E-state index in [9.17, 15) is 9.59 Å². The molecule has 0 saturated carbocycles. The second-order valence-electron chi connectivity index (χ2n) is 6.43. The molecule has 0 aliphatic heterocycles. The van der Waals surface area contributed by atoms with E-state index < -0.39 is 23.7 Å². The molecular formula is C18H27NO4. The Labute approximate surface area is 138 Å². The zero-order chi connectivity index (χ0) is 17.3. The third kappa shape index (κ3) is 8.24. The van der Waals surface area contributed by atoms with Crippen LogP contribution in [0.15, 0.2) is 30.3 Å². The lowest BCUT2D eigenvalue weighted by Gasteiger charge is -2.23. The molecule has 1 amide bonds. The summed E-state index contributed by atoms with van der Waals surface area (Å²) in [5.41, 5.74) is 0.306. The third-order valence-electron chi connectivity index (χ3n) is 3.05. The Bertz CT molecular complexity index is 493. The number of ether oxygens (including phenoxy) is 2. The molecule has 0 bridgehead atoms. The highest BCUT2D eigenvalue weighted by molar-refractivity contribution is 5.81. The SMILES string of the molecule is CCCC[C@@H](NC(=O)OC(C)(C)C)C(=O)OCc1ccccc1. The zero-order valence-electron chi connectivity index (χ0n) is 14.4. The molecule has 0 aliphatic carbocycles. The normalized spacial score (nSPS) is 12.3. The monoisotopic (exact) mass is 321 g/mol. The van der Waals surface area contributed by atoms with Crippen molar-refractivity contribution in [1.82, 2.24) is 5.32 Å². The fourth-order valence-electron chi connectivity index (χ4n) is 1.94. The van der Waals surface area contributed by atoms with Crippen LogP contribution in [0.5, 0.6) is 0 Å². The first-order chi connectivity index (χ1) is 10.8. The van der Waals surface area contributed by atoms with Crippen LogP contribution in [-0.4, -0.2) is 23.7 Å². The largest absolute Gasteiger partial charge is 0.459 e. The molecule has 0 saturated heterocycles.